The van der Waals surface area contributed by atoms with Crippen molar-refractivity contribution in [2.45, 2.75) is 6.42 Å². The first-order valence-electron chi connectivity index (χ1n) is 9.27. The molecule has 2 aromatic carbocycles. The summed E-state index contributed by atoms with van der Waals surface area (Å²) in [4.78, 5) is 29.4. The predicted molar refractivity (Wildman–Crippen MR) is 119 cm³/mol. The minimum atomic E-state index is -0.620. The number of amides is 1. The number of amidine groups is 2. The monoisotopic (exact) mass is 430 g/mol. The van der Waals surface area contributed by atoms with Gasteiger partial charge in [0.05, 0.1) is 16.5 Å². The molecule has 2 aliphatic heterocycles. The molecule has 0 unspecified atom stereocenters. The van der Waals surface area contributed by atoms with Gasteiger partial charge < -0.3 is 9.52 Å². The van der Waals surface area contributed by atoms with Gasteiger partial charge in [-0.05, 0) is 35.5 Å². The van der Waals surface area contributed by atoms with E-state index in [-0.39, 0.29) is 39.1 Å². The summed E-state index contributed by atoms with van der Waals surface area (Å²) in [7, 11) is 0. The molecule has 0 spiro atoms. The Balaban J connectivity index is 1.49. The number of thioether (sulfide) groups is 1. The Morgan fingerprint density at radius 1 is 1.16 bits per heavy atom. The van der Waals surface area contributed by atoms with E-state index in [9.17, 15) is 14.7 Å². The quantitative estimate of drug-likeness (QED) is 0.615. The Kier molecular flexibility index (Phi) is 4.52. The van der Waals surface area contributed by atoms with Crippen molar-refractivity contribution in [3.05, 3.63) is 81.7 Å². The van der Waals surface area contributed by atoms with Crippen LogP contribution in [0.15, 0.2) is 79.7 Å². The Morgan fingerprint density at radius 2 is 1.97 bits per heavy atom. The Hall–Kier alpha value is -3.98. The summed E-state index contributed by atoms with van der Waals surface area (Å²) in [6.45, 7) is 0. The van der Waals surface area contributed by atoms with Crippen molar-refractivity contribution in [1.29, 1.82) is 5.41 Å². The Labute approximate surface area is 179 Å². The third-order valence-electron chi connectivity index (χ3n) is 4.78. The van der Waals surface area contributed by atoms with E-state index in [1.54, 1.807) is 0 Å². The first-order chi connectivity index (χ1) is 15.0. The third-order valence-corrected chi connectivity index (χ3v) is 5.69. The molecule has 1 amide bonds. The molecule has 9 heteroatoms. The van der Waals surface area contributed by atoms with Gasteiger partial charge in [-0.15, -0.1) is 0 Å². The van der Waals surface area contributed by atoms with Crippen LogP contribution in [0.3, 0.4) is 0 Å². The number of nitrogens with one attached hydrogen (secondary N) is 1. The highest BCUT2D eigenvalue weighted by atomic mass is 32.2. The number of nitrogens with zero attached hydrogens (tertiary/aromatic N) is 3. The molecule has 8 nitrogen and oxygen atoms in total. The Morgan fingerprint density at radius 3 is 2.77 bits per heavy atom. The van der Waals surface area contributed by atoms with Crippen molar-refractivity contribution >= 4 is 50.8 Å². The topological polar surface area (TPSA) is 119 Å². The van der Waals surface area contributed by atoms with Crippen molar-refractivity contribution in [2.75, 3.05) is 0 Å². The molecule has 3 heterocycles. The number of aromatic hydroxyl groups is 1. The smallest absolute Gasteiger partial charge is 0.283 e. The minimum Gasteiger partial charge on any atom is -0.508 e. The summed E-state index contributed by atoms with van der Waals surface area (Å²) in [6.07, 6.45) is 3.04. The highest BCUT2D eigenvalue weighted by Gasteiger charge is 2.35. The molecule has 0 aliphatic carbocycles. The molecule has 0 saturated heterocycles. The zero-order valence-corrected chi connectivity index (χ0v) is 16.7. The zero-order chi connectivity index (χ0) is 21.5. The second kappa shape index (κ2) is 7.37. The largest absolute Gasteiger partial charge is 0.508 e. The number of phenols is 1. The molecule has 0 radical (unpaired) electrons. The molecular formula is C22H14N4O4S. The van der Waals surface area contributed by atoms with Crippen LogP contribution < -0.4 is 5.43 Å². The van der Waals surface area contributed by atoms with Gasteiger partial charge in [-0.25, -0.2) is 0 Å². The van der Waals surface area contributed by atoms with Crippen LogP contribution in [0.5, 0.6) is 5.75 Å². The molecule has 152 valence electrons. The molecule has 0 bridgehead atoms. The number of carbonyl (C=O) groups is 1. The fourth-order valence-electron chi connectivity index (χ4n) is 3.26. The number of rotatable bonds is 3. The molecule has 3 aromatic rings. The van der Waals surface area contributed by atoms with Crippen molar-refractivity contribution < 1.29 is 14.3 Å². The fraction of sp³-hybridized carbons (Fsp3) is 0.0455. The van der Waals surface area contributed by atoms with Gasteiger partial charge in [0.1, 0.15) is 22.6 Å². The van der Waals surface area contributed by atoms with E-state index in [2.05, 4.69) is 10.1 Å². The normalized spacial score (nSPS) is 17.2. The van der Waals surface area contributed by atoms with Crippen LogP contribution in [0.4, 0.5) is 0 Å². The summed E-state index contributed by atoms with van der Waals surface area (Å²) in [6, 6.07) is 13.9. The number of phenolic OH excluding ortho intramolecular Hbond substituents is 1. The standard InChI is InChI=1S/C22H14N4O4S/c23-20-16(9-13-11-30-17-10-14(27)6-7-15(17)19(13)28)21(29)24-22-26(20)25-18(31-22)8-12-4-2-1-3-5-12/h1-7,9-11,23,27H,8H2. The van der Waals surface area contributed by atoms with Gasteiger partial charge >= 0.3 is 0 Å². The lowest BCUT2D eigenvalue weighted by Gasteiger charge is -2.20. The number of benzene rings is 2. The molecule has 5 rings (SSSR count). The average Bonchev–Trinajstić information content (AvgIpc) is 3.15. The van der Waals surface area contributed by atoms with Crippen LogP contribution in [0.25, 0.3) is 17.0 Å². The van der Waals surface area contributed by atoms with E-state index in [1.165, 1.54) is 47.3 Å². The van der Waals surface area contributed by atoms with Crippen LogP contribution in [0.2, 0.25) is 0 Å². The Bertz CT molecular complexity index is 1410. The molecule has 1 aromatic heterocycles. The van der Waals surface area contributed by atoms with Gasteiger partial charge in [-0.3, -0.25) is 15.0 Å². The van der Waals surface area contributed by atoms with E-state index < -0.39 is 5.91 Å². The van der Waals surface area contributed by atoms with Crippen molar-refractivity contribution in [2.24, 2.45) is 10.1 Å². The molecule has 0 atom stereocenters. The summed E-state index contributed by atoms with van der Waals surface area (Å²) in [5.74, 6) is -0.801. The second-order valence-corrected chi connectivity index (χ2v) is 7.92. The maximum atomic E-state index is 12.8. The van der Waals surface area contributed by atoms with E-state index in [0.29, 0.717) is 16.6 Å². The van der Waals surface area contributed by atoms with Crippen LogP contribution in [0.1, 0.15) is 11.1 Å². The van der Waals surface area contributed by atoms with Gasteiger partial charge in [0.2, 0.25) is 5.17 Å². The maximum Gasteiger partial charge on any atom is 0.283 e. The summed E-state index contributed by atoms with van der Waals surface area (Å²) >= 11 is 1.24. The number of hydrogen-bond acceptors (Lipinski definition) is 7. The first kappa shape index (κ1) is 19.0. The van der Waals surface area contributed by atoms with E-state index in [4.69, 9.17) is 9.83 Å². The van der Waals surface area contributed by atoms with Gasteiger partial charge in [-0.1, -0.05) is 30.3 Å². The lowest BCUT2D eigenvalue weighted by Crippen LogP contribution is -2.35. The number of fused-ring (bicyclic) bond motifs is 2. The lowest BCUT2D eigenvalue weighted by molar-refractivity contribution is -0.114. The van der Waals surface area contributed by atoms with Gasteiger partial charge in [0.25, 0.3) is 5.91 Å². The van der Waals surface area contributed by atoms with E-state index in [0.717, 1.165) is 5.56 Å². The van der Waals surface area contributed by atoms with Gasteiger partial charge in [0, 0.05) is 12.5 Å². The van der Waals surface area contributed by atoms with Crippen molar-refractivity contribution in [3.63, 3.8) is 0 Å². The predicted octanol–water partition coefficient (Wildman–Crippen LogP) is 3.36. The number of aliphatic imine (C=N–C) groups is 1. The van der Waals surface area contributed by atoms with Crippen molar-refractivity contribution in [3.8, 4) is 5.75 Å². The highest BCUT2D eigenvalue weighted by Crippen LogP contribution is 2.29. The van der Waals surface area contributed by atoms with Crippen LogP contribution >= 0.6 is 11.8 Å². The molecule has 2 aliphatic rings. The summed E-state index contributed by atoms with van der Waals surface area (Å²) < 4.78 is 5.42. The average molecular weight is 430 g/mol. The third kappa shape index (κ3) is 3.44. The molecule has 0 fully saturated rings. The summed E-state index contributed by atoms with van der Waals surface area (Å²) in [5, 5.41) is 25.0. The van der Waals surface area contributed by atoms with E-state index >= 15 is 0 Å². The number of hydrazone groups is 1. The summed E-state index contributed by atoms with van der Waals surface area (Å²) in [5.41, 5.74) is 0.948. The van der Waals surface area contributed by atoms with Crippen LogP contribution in [-0.4, -0.2) is 32.1 Å². The first-order valence-corrected chi connectivity index (χ1v) is 10.1. The van der Waals surface area contributed by atoms with Crippen LogP contribution in [0, 0.1) is 5.41 Å². The number of carbonyl (C=O) groups excluding carboxylic acids is 1. The molecule has 2 N–H and O–H groups in total. The fourth-order valence-corrected chi connectivity index (χ4v) is 4.18. The van der Waals surface area contributed by atoms with Gasteiger partial charge in [-0.2, -0.15) is 15.1 Å². The lowest BCUT2D eigenvalue weighted by atomic mass is 10.1. The molecule has 31 heavy (non-hydrogen) atoms. The number of hydrogen-bond donors (Lipinski definition) is 2. The zero-order valence-electron chi connectivity index (χ0n) is 15.9. The highest BCUT2D eigenvalue weighted by molar-refractivity contribution is 8.26. The maximum absolute atomic E-state index is 12.8. The SMILES string of the molecule is N=C1C(=Cc2coc3cc(O)ccc3c2=O)C(=O)N=C2SC(Cc3ccccc3)=NN12. The molecular weight excluding hydrogens is 416 g/mol. The van der Waals surface area contributed by atoms with Crippen LogP contribution in [-0.2, 0) is 11.2 Å². The minimum absolute atomic E-state index is 0.0245. The van der Waals surface area contributed by atoms with Gasteiger partial charge in [0.15, 0.2) is 11.3 Å². The van der Waals surface area contributed by atoms with Crippen molar-refractivity contribution in [1.82, 2.24) is 5.01 Å². The molecule has 0 saturated carbocycles. The second-order valence-electron chi connectivity index (χ2n) is 6.88. The van der Waals surface area contributed by atoms with E-state index in [1.807, 2.05) is 30.3 Å².